The SMILES string of the molecule is CCC(=O)c1ccc(N2CC[C@@H](C3(C)CC3)C2)c(C)c1F. The van der Waals surface area contributed by atoms with Crippen LogP contribution in [0.15, 0.2) is 12.1 Å². The lowest BCUT2D eigenvalue weighted by Gasteiger charge is -2.23. The molecule has 1 atom stereocenters. The lowest BCUT2D eigenvalue weighted by atomic mass is 9.90. The second-order valence-electron chi connectivity index (χ2n) is 6.93. The average Bonchev–Trinajstić information content (AvgIpc) is 3.03. The second-order valence-corrected chi connectivity index (χ2v) is 6.93. The predicted molar refractivity (Wildman–Crippen MR) is 83.4 cm³/mol. The Hall–Kier alpha value is -1.38. The molecule has 114 valence electrons. The van der Waals surface area contributed by atoms with Crippen LogP contribution in [0.3, 0.4) is 0 Å². The van der Waals surface area contributed by atoms with Gasteiger partial charge in [0.25, 0.3) is 0 Å². The first-order valence-electron chi connectivity index (χ1n) is 8.03. The van der Waals surface area contributed by atoms with Crippen molar-refractivity contribution in [1.82, 2.24) is 0 Å². The molecule has 1 aromatic carbocycles. The van der Waals surface area contributed by atoms with E-state index in [1.165, 1.54) is 19.3 Å². The molecule has 0 N–H and O–H groups in total. The van der Waals surface area contributed by atoms with Gasteiger partial charge in [-0.3, -0.25) is 4.79 Å². The number of nitrogens with zero attached hydrogens (tertiary/aromatic N) is 1. The number of benzene rings is 1. The topological polar surface area (TPSA) is 20.3 Å². The largest absolute Gasteiger partial charge is 0.371 e. The van der Waals surface area contributed by atoms with Gasteiger partial charge in [0.15, 0.2) is 5.78 Å². The highest BCUT2D eigenvalue weighted by Gasteiger charge is 2.47. The molecule has 1 saturated heterocycles. The van der Waals surface area contributed by atoms with Gasteiger partial charge in [0.05, 0.1) is 5.56 Å². The standard InChI is InChI=1S/C18H24FNO/c1-4-16(21)14-5-6-15(12(2)17(14)19)20-10-7-13(11-20)18(3)8-9-18/h5-6,13H,4,7-11H2,1-3H3/t13-/m1/s1. The molecule has 1 aliphatic heterocycles. The zero-order chi connectivity index (χ0) is 15.2. The summed E-state index contributed by atoms with van der Waals surface area (Å²) in [4.78, 5) is 14.1. The van der Waals surface area contributed by atoms with Crippen molar-refractivity contribution in [2.24, 2.45) is 11.3 Å². The molecule has 1 aliphatic carbocycles. The van der Waals surface area contributed by atoms with Crippen LogP contribution in [0.2, 0.25) is 0 Å². The summed E-state index contributed by atoms with van der Waals surface area (Å²) in [5.41, 5.74) is 2.35. The number of hydrogen-bond donors (Lipinski definition) is 0. The Labute approximate surface area is 126 Å². The van der Waals surface area contributed by atoms with Gasteiger partial charge in [-0.25, -0.2) is 4.39 Å². The van der Waals surface area contributed by atoms with E-state index in [-0.39, 0.29) is 17.2 Å². The molecule has 2 aliphatic rings. The molecule has 1 saturated carbocycles. The van der Waals surface area contributed by atoms with E-state index in [1.54, 1.807) is 19.9 Å². The molecule has 0 spiro atoms. The first-order chi connectivity index (χ1) is 9.96. The Bertz CT molecular complexity index is 577. The van der Waals surface area contributed by atoms with Crippen molar-refractivity contribution in [3.05, 3.63) is 29.1 Å². The van der Waals surface area contributed by atoms with E-state index in [4.69, 9.17) is 0 Å². The Morgan fingerprint density at radius 1 is 1.43 bits per heavy atom. The predicted octanol–water partition coefficient (Wildman–Crippen LogP) is 4.35. The summed E-state index contributed by atoms with van der Waals surface area (Å²) in [7, 11) is 0. The minimum atomic E-state index is -0.333. The third-order valence-corrected chi connectivity index (χ3v) is 5.53. The summed E-state index contributed by atoms with van der Waals surface area (Å²) in [6, 6.07) is 3.59. The summed E-state index contributed by atoms with van der Waals surface area (Å²) in [6.07, 6.45) is 4.22. The molecule has 0 unspecified atom stereocenters. The van der Waals surface area contributed by atoms with E-state index in [9.17, 15) is 9.18 Å². The van der Waals surface area contributed by atoms with Gasteiger partial charge in [-0.2, -0.15) is 0 Å². The Morgan fingerprint density at radius 3 is 2.76 bits per heavy atom. The Kier molecular flexibility index (Phi) is 3.54. The van der Waals surface area contributed by atoms with E-state index in [0.29, 0.717) is 17.4 Å². The summed E-state index contributed by atoms with van der Waals surface area (Å²) < 4.78 is 14.4. The van der Waals surface area contributed by atoms with Crippen molar-refractivity contribution in [1.29, 1.82) is 0 Å². The maximum Gasteiger partial charge on any atom is 0.165 e. The van der Waals surface area contributed by atoms with Crippen molar-refractivity contribution >= 4 is 11.5 Å². The minimum Gasteiger partial charge on any atom is -0.371 e. The molecule has 0 bridgehead atoms. The van der Waals surface area contributed by atoms with E-state index in [2.05, 4.69) is 11.8 Å². The fraction of sp³-hybridized carbons (Fsp3) is 0.611. The highest BCUT2D eigenvalue weighted by atomic mass is 19.1. The quantitative estimate of drug-likeness (QED) is 0.768. The third-order valence-electron chi connectivity index (χ3n) is 5.53. The molecule has 3 heteroatoms. The van der Waals surface area contributed by atoms with Crippen LogP contribution in [0.4, 0.5) is 10.1 Å². The van der Waals surface area contributed by atoms with Gasteiger partial charge in [-0.15, -0.1) is 0 Å². The van der Waals surface area contributed by atoms with E-state index >= 15 is 0 Å². The van der Waals surface area contributed by atoms with Gasteiger partial charge < -0.3 is 4.90 Å². The van der Waals surface area contributed by atoms with E-state index in [0.717, 1.165) is 24.7 Å². The van der Waals surface area contributed by atoms with Crippen LogP contribution in [-0.2, 0) is 0 Å². The number of halogens is 1. The molecule has 1 aromatic rings. The van der Waals surface area contributed by atoms with E-state index < -0.39 is 0 Å². The number of carbonyl (C=O) groups is 1. The van der Waals surface area contributed by atoms with Crippen LogP contribution in [0.5, 0.6) is 0 Å². The summed E-state index contributed by atoms with van der Waals surface area (Å²) in [5.74, 6) is 0.282. The molecule has 0 radical (unpaired) electrons. The van der Waals surface area contributed by atoms with Gasteiger partial charge in [-0.1, -0.05) is 13.8 Å². The van der Waals surface area contributed by atoms with Crippen LogP contribution >= 0.6 is 0 Å². The number of Topliss-reactive ketones (excluding diaryl/α,β-unsaturated/α-hetero) is 1. The zero-order valence-electron chi connectivity index (χ0n) is 13.2. The van der Waals surface area contributed by atoms with Gasteiger partial charge >= 0.3 is 0 Å². The van der Waals surface area contributed by atoms with Gasteiger partial charge in [0.2, 0.25) is 0 Å². The van der Waals surface area contributed by atoms with Crippen LogP contribution in [-0.4, -0.2) is 18.9 Å². The van der Waals surface area contributed by atoms with Crippen LogP contribution in [0.25, 0.3) is 0 Å². The number of carbonyl (C=O) groups excluding carboxylic acids is 1. The van der Waals surface area contributed by atoms with Crippen LogP contribution in [0.1, 0.15) is 55.5 Å². The second kappa shape index (κ2) is 5.11. The summed E-state index contributed by atoms with van der Waals surface area (Å²) in [6.45, 7) is 7.97. The highest BCUT2D eigenvalue weighted by molar-refractivity contribution is 5.96. The number of hydrogen-bond acceptors (Lipinski definition) is 2. The lowest BCUT2D eigenvalue weighted by Crippen LogP contribution is -2.23. The number of anilines is 1. The molecule has 0 amide bonds. The maximum absolute atomic E-state index is 14.4. The molecular weight excluding hydrogens is 265 g/mol. The van der Waals surface area contributed by atoms with Gasteiger partial charge in [0, 0.05) is 30.8 Å². The average molecular weight is 289 g/mol. The Morgan fingerprint density at radius 2 is 2.14 bits per heavy atom. The Balaban J connectivity index is 1.83. The third kappa shape index (κ3) is 2.47. The zero-order valence-corrected chi connectivity index (χ0v) is 13.2. The smallest absolute Gasteiger partial charge is 0.165 e. The van der Waals surface area contributed by atoms with Crippen LogP contribution in [0, 0.1) is 24.1 Å². The number of ketones is 1. The maximum atomic E-state index is 14.4. The summed E-state index contributed by atoms with van der Waals surface area (Å²) >= 11 is 0. The van der Waals surface area contributed by atoms with Crippen molar-refractivity contribution < 1.29 is 9.18 Å². The fourth-order valence-electron chi connectivity index (χ4n) is 3.58. The molecular formula is C18H24FNO. The molecule has 2 nitrogen and oxygen atoms in total. The fourth-order valence-corrected chi connectivity index (χ4v) is 3.58. The number of rotatable bonds is 4. The first kappa shape index (κ1) is 14.6. The minimum absolute atomic E-state index is 0.119. The van der Waals surface area contributed by atoms with Crippen molar-refractivity contribution in [3.63, 3.8) is 0 Å². The van der Waals surface area contributed by atoms with Crippen molar-refractivity contribution in [3.8, 4) is 0 Å². The lowest BCUT2D eigenvalue weighted by molar-refractivity contribution is 0.0984. The van der Waals surface area contributed by atoms with Gasteiger partial charge in [0.1, 0.15) is 5.82 Å². The highest BCUT2D eigenvalue weighted by Crippen LogP contribution is 2.54. The molecule has 21 heavy (non-hydrogen) atoms. The van der Waals surface area contributed by atoms with Crippen LogP contribution < -0.4 is 4.90 Å². The molecule has 2 fully saturated rings. The monoisotopic (exact) mass is 289 g/mol. The molecule has 0 aromatic heterocycles. The van der Waals surface area contributed by atoms with E-state index in [1.807, 2.05) is 6.07 Å². The molecule has 3 rings (SSSR count). The molecule has 1 heterocycles. The normalized spacial score (nSPS) is 23.4. The summed E-state index contributed by atoms with van der Waals surface area (Å²) in [5, 5.41) is 0. The van der Waals surface area contributed by atoms with Crippen molar-refractivity contribution in [2.75, 3.05) is 18.0 Å². The van der Waals surface area contributed by atoms with Gasteiger partial charge in [-0.05, 0) is 49.7 Å². The van der Waals surface area contributed by atoms with Crippen molar-refractivity contribution in [2.45, 2.75) is 46.5 Å². The first-order valence-corrected chi connectivity index (χ1v) is 8.03.